The Morgan fingerprint density at radius 2 is 1.86 bits per heavy atom. The molecule has 4 nitrogen and oxygen atoms in total. The molecule has 0 aliphatic heterocycles. The summed E-state index contributed by atoms with van der Waals surface area (Å²) >= 11 is 0. The molecule has 2 aromatic carbocycles. The molecule has 0 fully saturated rings. The SMILES string of the molecule is O=C(CO/N=C\c1ccccc1F)NCCc1ccccc1. The fraction of sp³-hybridized carbons (Fsp3) is 0.176. The summed E-state index contributed by atoms with van der Waals surface area (Å²) in [4.78, 5) is 16.4. The van der Waals surface area contributed by atoms with Crippen LogP contribution in [0.2, 0.25) is 0 Å². The number of hydrogen-bond donors (Lipinski definition) is 1. The Balaban J connectivity index is 1.65. The second kappa shape index (κ2) is 8.56. The number of oxime groups is 1. The van der Waals surface area contributed by atoms with Crippen molar-refractivity contribution >= 4 is 12.1 Å². The minimum Gasteiger partial charge on any atom is -0.386 e. The third kappa shape index (κ3) is 5.36. The fourth-order valence-electron chi connectivity index (χ4n) is 1.81. The molecular formula is C17H17FN2O2. The van der Waals surface area contributed by atoms with E-state index in [4.69, 9.17) is 4.84 Å². The van der Waals surface area contributed by atoms with Gasteiger partial charge in [0.1, 0.15) is 5.82 Å². The molecule has 0 saturated heterocycles. The van der Waals surface area contributed by atoms with Gasteiger partial charge in [-0.05, 0) is 18.1 Å². The van der Waals surface area contributed by atoms with Gasteiger partial charge in [0.2, 0.25) is 0 Å². The molecule has 0 heterocycles. The maximum absolute atomic E-state index is 13.3. The summed E-state index contributed by atoms with van der Waals surface area (Å²) in [6, 6.07) is 16.1. The topological polar surface area (TPSA) is 50.7 Å². The maximum atomic E-state index is 13.3. The van der Waals surface area contributed by atoms with Gasteiger partial charge in [-0.15, -0.1) is 0 Å². The Bertz CT molecular complexity index is 630. The number of nitrogens with one attached hydrogen (secondary N) is 1. The fourth-order valence-corrected chi connectivity index (χ4v) is 1.81. The van der Waals surface area contributed by atoms with Crippen LogP contribution in [-0.4, -0.2) is 25.3 Å². The van der Waals surface area contributed by atoms with E-state index in [2.05, 4.69) is 10.5 Å². The number of nitrogens with zero attached hydrogens (tertiary/aromatic N) is 1. The lowest BCUT2D eigenvalue weighted by molar-refractivity contribution is -0.125. The van der Waals surface area contributed by atoms with Crippen LogP contribution in [0.25, 0.3) is 0 Å². The van der Waals surface area contributed by atoms with Crippen LogP contribution < -0.4 is 5.32 Å². The van der Waals surface area contributed by atoms with Gasteiger partial charge in [0.15, 0.2) is 6.61 Å². The molecule has 2 rings (SSSR count). The van der Waals surface area contributed by atoms with E-state index >= 15 is 0 Å². The van der Waals surface area contributed by atoms with Crippen LogP contribution >= 0.6 is 0 Å². The minimum atomic E-state index is -0.387. The summed E-state index contributed by atoms with van der Waals surface area (Å²) in [6.07, 6.45) is 2.00. The summed E-state index contributed by atoms with van der Waals surface area (Å²) in [6.45, 7) is 0.336. The van der Waals surface area contributed by atoms with Gasteiger partial charge in [0, 0.05) is 12.1 Å². The third-order valence-corrected chi connectivity index (χ3v) is 2.95. The minimum absolute atomic E-state index is 0.195. The van der Waals surface area contributed by atoms with E-state index in [-0.39, 0.29) is 18.3 Å². The Hall–Kier alpha value is -2.69. The molecule has 1 amide bonds. The Morgan fingerprint density at radius 1 is 1.14 bits per heavy atom. The molecule has 114 valence electrons. The van der Waals surface area contributed by atoms with Crippen LogP contribution in [0.1, 0.15) is 11.1 Å². The van der Waals surface area contributed by atoms with Crippen LogP contribution in [0.5, 0.6) is 0 Å². The van der Waals surface area contributed by atoms with E-state index in [1.54, 1.807) is 18.2 Å². The molecule has 22 heavy (non-hydrogen) atoms. The highest BCUT2D eigenvalue weighted by atomic mass is 19.1. The zero-order valence-corrected chi connectivity index (χ0v) is 12.0. The van der Waals surface area contributed by atoms with Crippen molar-refractivity contribution in [2.24, 2.45) is 5.16 Å². The predicted molar refractivity (Wildman–Crippen MR) is 83.1 cm³/mol. The van der Waals surface area contributed by atoms with E-state index in [0.717, 1.165) is 12.0 Å². The lowest BCUT2D eigenvalue weighted by Crippen LogP contribution is -2.28. The van der Waals surface area contributed by atoms with E-state index in [0.29, 0.717) is 12.1 Å². The quantitative estimate of drug-likeness (QED) is 0.631. The van der Waals surface area contributed by atoms with Crippen molar-refractivity contribution in [3.63, 3.8) is 0 Å². The Kier molecular flexibility index (Phi) is 6.11. The summed E-state index contributed by atoms with van der Waals surface area (Å²) in [5.41, 5.74) is 1.47. The Labute approximate surface area is 128 Å². The van der Waals surface area contributed by atoms with Gasteiger partial charge in [0.25, 0.3) is 5.91 Å². The first-order chi connectivity index (χ1) is 10.8. The zero-order chi connectivity index (χ0) is 15.6. The lowest BCUT2D eigenvalue weighted by atomic mass is 10.1. The predicted octanol–water partition coefficient (Wildman–Crippen LogP) is 2.54. The van der Waals surface area contributed by atoms with E-state index in [1.807, 2.05) is 30.3 Å². The highest BCUT2D eigenvalue weighted by Crippen LogP contribution is 2.02. The molecule has 5 heteroatoms. The van der Waals surface area contributed by atoms with Gasteiger partial charge in [-0.3, -0.25) is 4.79 Å². The van der Waals surface area contributed by atoms with E-state index < -0.39 is 0 Å². The standard InChI is InChI=1S/C17H17FN2O2/c18-16-9-5-4-8-15(16)12-20-22-13-17(21)19-11-10-14-6-2-1-3-7-14/h1-9,12H,10-11,13H2,(H,19,21)/b20-12-. The molecule has 0 radical (unpaired) electrons. The molecule has 0 unspecified atom stereocenters. The van der Waals surface area contributed by atoms with Crippen molar-refractivity contribution in [1.82, 2.24) is 5.32 Å². The third-order valence-electron chi connectivity index (χ3n) is 2.95. The largest absolute Gasteiger partial charge is 0.386 e. The molecule has 0 atom stereocenters. The van der Waals surface area contributed by atoms with Crippen molar-refractivity contribution in [2.75, 3.05) is 13.2 Å². The smallest absolute Gasteiger partial charge is 0.260 e. The van der Waals surface area contributed by atoms with Crippen LogP contribution in [-0.2, 0) is 16.1 Å². The number of amides is 1. The molecule has 0 bridgehead atoms. The molecule has 0 aromatic heterocycles. The zero-order valence-electron chi connectivity index (χ0n) is 12.0. The summed E-state index contributed by atoms with van der Waals surface area (Å²) < 4.78 is 13.3. The molecule has 0 aliphatic rings. The van der Waals surface area contributed by atoms with Gasteiger partial charge in [-0.25, -0.2) is 4.39 Å². The summed E-state index contributed by atoms with van der Waals surface area (Å²) in [5.74, 6) is -0.649. The van der Waals surface area contributed by atoms with Crippen molar-refractivity contribution in [1.29, 1.82) is 0 Å². The van der Waals surface area contributed by atoms with Crippen molar-refractivity contribution in [3.05, 3.63) is 71.5 Å². The van der Waals surface area contributed by atoms with Crippen LogP contribution in [0.3, 0.4) is 0 Å². The number of carbonyl (C=O) groups excluding carboxylic acids is 1. The van der Waals surface area contributed by atoms with E-state index in [1.165, 1.54) is 12.3 Å². The Morgan fingerprint density at radius 3 is 2.64 bits per heavy atom. The number of hydrogen-bond acceptors (Lipinski definition) is 3. The number of benzene rings is 2. The van der Waals surface area contributed by atoms with Crippen LogP contribution in [0, 0.1) is 5.82 Å². The average Bonchev–Trinajstić information content (AvgIpc) is 2.54. The van der Waals surface area contributed by atoms with Gasteiger partial charge < -0.3 is 10.2 Å². The molecule has 0 saturated carbocycles. The summed E-state index contributed by atoms with van der Waals surface area (Å²) in [7, 11) is 0. The highest BCUT2D eigenvalue weighted by molar-refractivity contribution is 5.80. The van der Waals surface area contributed by atoms with Gasteiger partial charge in [-0.1, -0.05) is 53.7 Å². The molecule has 0 spiro atoms. The van der Waals surface area contributed by atoms with Crippen molar-refractivity contribution in [3.8, 4) is 0 Å². The van der Waals surface area contributed by atoms with Gasteiger partial charge in [0.05, 0.1) is 6.21 Å². The second-order valence-corrected chi connectivity index (χ2v) is 4.62. The van der Waals surface area contributed by atoms with Gasteiger partial charge in [-0.2, -0.15) is 0 Å². The second-order valence-electron chi connectivity index (χ2n) is 4.62. The van der Waals surface area contributed by atoms with Crippen molar-refractivity contribution in [2.45, 2.75) is 6.42 Å². The van der Waals surface area contributed by atoms with Crippen molar-refractivity contribution < 1.29 is 14.0 Å². The van der Waals surface area contributed by atoms with E-state index in [9.17, 15) is 9.18 Å². The monoisotopic (exact) mass is 300 g/mol. The average molecular weight is 300 g/mol. The number of carbonyl (C=O) groups is 1. The number of halogens is 1. The molecule has 2 aromatic rings. The van der Waals surface area contributed by atoms with Crippen LogP contribution in [0.15, 0.2) is 59.8 Å². The first kappa shape index (κ1) is 15.7. The summed E-state index contributed by atoms with van der Waals surface area (Å²) in [5, 5.41) is 6.31. The normalized spacial score (nSPS) is 10.6. The van der Waals surface area contributed by atoms with Crippen LogP contribution in [0.4, 0.5) is 4.39 Å². The lowest BCUT2D eigenvalue weighted by Gasteiger charge is -2.04. The molecule has 1 N–H and O–H groups in total. The number of rotatable bonds is 7. The molecule has 0 aliphatic carbocycles. The first-order valence-corrected chi connectivity index (χ1v) is 6.96. The van der Waals surface area contributed by atoms with Gasteiger partial charge >= 0.3 is 0 Å². The highest BCUT2D eigenvalue weighted by Gasteiger charge is 2.01. The molecular weight excluding hydrogens is 283 g/mol. The maximum Gasteiger partial charge on any atom is 0.260 e. The first-order valence-electron chi connectivity index (χ1n) is 6.96.